The molecule has 0 amide bonds. The minimum Gasteiger partial charge on any atom is -0.436 e. The Labute approximate surface area is 297 Å². The molecule has 0 saturated carbocycles. The number of rotatable bonds is 2. The van der Waals surface area contributed by atoms with E-state index in [1.807, 2.05) is 29.5 Å². The molecule has 0 aliphatic carbocycles. The van der Waals surface area contributed by atoms with Crippen LogP contribution < -0.4 is 15.7 Å². The molecular formula is C45H28BN3OS. The molecule has 7 aromatic carbocycles. The van der Waals surface area contributed by atoms with Gasteiger partial charge in [0.1, 0.15) is 5.52 Å². The number of hydrogen-bond acceptors (Lipinski definition) is 4. The molecule has 0 N–H and O–H groups in total. The van der Waals surface area contributed by atoms with Gasteiger partial charge in [0.05, 0.1) is 11.0 Å². The van der Waals surface area contributed by atoms with Crippen LogP contribution in [0, 0.1) is 13.8 Å². The number of aryl methyl sites for hydroxylation is 2. The van der Waals surface area contributed by atoms with E-state index in [0.717, 1.165) is 22.4 Å². The number of thiophene rings is 1. The fraction of sp³-hybridized carbons (Fsp3) is 0.0444. The van der Waals surface area contributed by atoms with E-state index >= 15 is 0 Å². The second-order valence-electron chi connectivity index (χ2n) is 14.0. The van der Waals surface area contributed by atoms with Gasteiger partial charge in [0, 0.05) is 59.1 Å². The van der Waals surface area contributed by atoms with Gasteiger partial charge in [-0.1, -0.05) is 78.4 Å². The third kappa shape index (κ3) is 3.57. The summed E-state index contributed by atoms with van der Waals surface area (Å²) in [5.41, 5.74) is 16.4. The molecule has 12 rings (SSSR count). The average Bonchev–Trinajstić information content (AvgIpc) is 3.86. The Morgan fingerprint density at radius 1 is 0.686 bits per heavy atom. The van der Waals surface area contributed by atoms with Gasteiger partial charge in [0.15, 0.2) is 5.58 Å². The van der Waals surface area contributed by atoms with Crippen LogP contribution in [0.1, 0.15) is 11.1 Å². The lowest BCUT2D eigenvalue weighted by Gasteiger charge is -2.42. The van der Waals surface area contributed by atoms with Crippen molar-refractivity contribution in [2.24, 2.45) is 0 Å². The van der Waals surface area contributed by atoms with Crippen molar-refractivity contribution in [3.05, 3.63) is 145 Å². The first-order chi connectivity index (χ1) is 25.1. The van der Waals surface area contributed by atoms with Crippen LogP contribution in [0.15, 0.2) is 138 Å². The molecule has 0 fully saturated rings. The summed E-state index contributed by atoms with van der Waals surface area (Å²) in [6.45, 7) is 4.36. The van der Waals surface area contributed by atoms with Crippen molar-refractivity contribution in [3.8, 4) is 28.3 Å². The first-order valence-electron chi connectivity index (χ1n) is 17.5. The van der Waals surface area contributed by atoms with Crippen LogP contribution in [0.4, 0.5) is 11.4 Å². The number of nitrogens with zero attached hydrogens (tertiary/aromatic N) is 3. The molecule has 5 heterocycles. The van der Waals surface area contributed by atoms with Gasteiger partial charge in [-0.3, -0.25) is 0 Å². The molecule has 0 bridgehead atoms. The minimum absolute atomic E-state index is 0.0952. The lowest BCUT2D eigenvalue weighted by Crippen LogP contribution is -2.60. The van der Waals surface area contributed by atoms with Gasteiger partial charge in [-0.15, -0.1) is 11.3 Å². The van der Waals surface area contributed by atoms with E-state index in [-0.39, 0.29) is 6.85 Å². The monoisotopic (exact) mass is 669 g/mol. The fourth-order valence-electron chi connectivity index (χ4n) is 9.05. The quantitative estimate of drug-likeness (QED) is 0.172. The summed E-state index contributed by atoms with van der Waals surface area (Å²) in [5.74, 6) is 0.639. The van der Waals surface area contributed by atoms with E-state index < -0.39 is 0 Å². The van der Waals surface area contributed by atoms with E-state index in [2.05, 4.69) is 138 Å². The molecule has 2 aliphatic heterocycles. The zero-order chi connectivity index (χ0) is 33.5. The Balaban J connectivity index is 1.28. The van der Waals surface area contributed by atoms with Crippen molar-refractivity contribution in [1.82, 2.24) is 9.55 Å². The van der Waals surface area contributed by atoms with Gasteiger partial charge in [-0.25, -0.2) is 4.98 Å². The van der Waals surface area contributed by atoms with E-state index in [4.69, 9.17) is 9.40 Å². The number of oxazole rings is 1. The van der Waals surface area contributed by atoms with Crippen LogP contribution >= 0.6 is 11.3 Å². The van der Waals surface area contributed by atoms with Gasteiger partial charge in [0.25, 0.3) is 0 Å². The third-order valence-corrected chi connectivity index (χ3v) is 12.3. The molecule has 51 heavy (non-hydrogen) atoms. The van der Waals surface area contributed by atoms with Crippen LogP contribution in [-0.4, -0.2) is 16.4 Å². The molecular weight excluding hydrogens is 641 g/mol. The number of benzene rings is 7. The third-order valence-electron chi connectivity index (χ3n) is 11.2. The van der Waals surface area contributed by atoms with Gasteiger partial charge >= 0.3 is 6.85 Å². The molecule has 0 radical (unpaired) electrons. The van der Waals surface area contributed by atoms with Crippen LogP contribution in [0.5, 0.6) is 0 Å². The average molecular weight is 670 g/mol. The molecule has 6 heteroatoms. The minimum atomic E-state index is -0.0952. The SMILES string of the molecule is Cc1ccc(N2B3c4cc5oc(-c6ccccc6)nc5cc4-n4c5ccccc5c5c(C)cc(c3c54)-c3c2ccc2sc4ccccc4c32)cc1. The lowest BCUT2D eigenvalue weighted by molar-refractivity contribution is 0.620. The van der Waals surface area contributed by atoms with Crippen molar-refractivity contribution in [1.29, 1.82) is 0 Å². The Bertz CT molecular complexity index is 3120. The second kappa shape index (κ2) is 9.78. The Morgan fingerprint density at radius 2 is 1.47 bits per heavy atom. The van der Waals surface area contributed by atoms with Gasteiger partial charge in [-0.05, 0) is 96.6 Å². The summed E-state index contributed by atoms with van der Waals surface area (Å²) < 4.78 is 11.7. The summed E-state index contributed by atoms with van der Waals surface area (Å²) in [6.07, 6.45) is 0. The zero-order valence-electron chi connectivity index (χ0n) is 27.9. The van der Waals surface area contributed by atoms with E-state index in [9.17, 15) is 0 Å². The number of para-hydroxylation sites is 1. The molecule has 0 unspecified atom stereocenters. The summed E-state index contributed by atoms with van der Waals surface area (Å²) in [7, 11) is 0. The van der Waals surface area contributed by atoms with E-state index in [1.165, 1.54) is 86.5 Å². The summed E-state index contributed by atoms with van der Waals surface area (Å²) in [5, 5.41) is 5.25. The lowest BCUT2D eigenvalue weighted by atomic mass is 9.43. The highest BCUT2D eigenvalue weighted by Crippen LogP contribution is 2.51. The summed E-state index contributed by atoms with van der Waals surface area (Å²) in [6, 6.07) is 48.7. The molecule has 0 saturated heterocycles. The maximum Gasteiger partial charge on any atom is 0.333 e. The fourth-order valence-corrected chi connectivity index (χ4v) is 10.2. The largest absolute Gasteiger partial charge is 0.436 e. The van der Waals surface area contributed by atoms with Crippen molar-refractivity contribution in [3.63, 3.8) is 0 Å². The molecule has 0 spiro atoms. The molecule has 0 atom stereocenters. The van der Waals surface area contributed by atoms with Crippen molar-refractivity contribution in [2.75, 3.05) is 4.81 Å². The van der Waals surface area contributed by atoms with Crippen LogP contribution in [0.3, 0.4) is 0 Å². The molecule has 3 aromatic heterocycles. The van der Waals surface area contributed by atoms with Crippen LogP contribution in [-0.2, 0) is 0 Å². The molecule has 238 valence electrons. The van der Waals surface area contributed by atoms with Crippen molar-refractivity contribution < 1.29 is 4.42 Å². The highest BCUT2D eigenvalue weighted by Gasteiger charge is 2.45. The van der Waals surface area contributed by atoms with Crippen molar-refractivity contribution >= 4 is 93.6 Å². The predicted octanol–water partition coefficient (Wildman–Crippen LogP) is 10.8. The first-order valence-corrected chi connectivity index (χ1v) is 18.3. The molecule has 4 nitrogen and oxygen atoms in total. The van der Waals surface area contributed by atoms with Gasteiger partial charge in [-0.2, -0.15) is 0 Å². The van der Waals surface area contributed by atoms with Gasteiger partial charge in [0.2, 0.25) is 5.89 Å². The maximum atomic E-state index is 6.59. The van der Waals surface area contributed by atoms with E-state index in [1.54, 1.807) is 0 Å². The topological polar surface area (TPSA) is 34.2 Å². The van der Waals surface area contributed by atoms with Crippen molar-refractivity contribution in [2.45, 2.75) is 13.8 Å². The number of aromatic nitrogens is 2. The Morgan fingerprint density at radius 3 is 2.33 bits per heavy atom. The maximum absolute atomic E-state index is 6.59. The number of anilines is 2. The predicted molar refractivity (Wildman–Crippen MR) is 215 cm³/mol. The Kier molecular flexibility index (Phi) is 5.31. The first kappa shape index (κ1) is 27.7. The van der Waals surface area contributed by atoms with Gasteiger partial charge < -0.3 is 13.8 Å². The number of fused-ring (bicyclic) bond motifs is 13. The molecule has 2 aliphatic rings. The summed E-state index contributed by atoms with van der Waals surface area (Å²) >= 11 is 1.89. The molecule has 10 aromatic rings. The van der Waals surface area contributed by atoms with Crippen LogP contribution in [0.2, 0.25) is 0 Å². The van der Waals surface area contributed by atoms with Crippen LogP contribution in [0.25, 0.3) is 81.3 Å². The smallest absolute Gasteiger partial charge is 0.333 e. The number of hydrogen-bond donors (Lipinski definition) is 0. The zero-order valence-corrected chi connectivity index (χ0v) is 28.8. The Hall–Kier alpha value is -6.11. The highest BCUT2D eigenvalue weighted by molar-refractivity contribution is 7.26. The summed E-state index contributed by atoms with van der Waals surface area (Å²) in [4.78, 5) is 7.66. The second-order valence-corrected chi connectivity index (χ2v) is 15.1. The highest BCUT2D eigenvalue weighted by atomic mass is 32.1. The van der Waals surface area contributed by atoms with E-state index in [0.29, 0.717) is 5.89 Å². The standard InChI is InChI=1S/C45H28BN3OS/c1-25-16-18-28(19-17-25)49-35-20-21-39-42(30-13-7-9-15-38(30)51-39)41(35)31-22-26(2)40-29-12-6-8-14-34(29)48-36-24-33-37(23-32(36)46(49)43(31)44(40)48)50-45(47-33)27-10-4-3-5-11-27/h3-24H,1-2H3. The normalized spacial score (nSPS) is 13.2.